The highest BCUT2D eigenvalue weighted by atomic mass is 32.2. The topological polar surface area (TPSA) is 97.7 Å². The molecular weight excluding hydrogens is 248 g/mol. The van der Waals surface area contributed by atoms with E-state index in [4.69, 9.17) is 5.11 Å². The Kier molecular flexibility index (Phi) is 5.60. The minimum absolute atomic E-state index is 0.0613. The second-order valence-corrected chi connectivity index (χ2v) is 6.35. The first kappa shape index (κ1) is 15.9. The van der Waals surface area contributed by atoms with E-state index in [-0.39, 0.29) is 25.2 Å². The third-order valence-electron chi connectivity index (χ3n) is 2.39. The van der Waals surface area contributed by atoms with Gasteiger partial charge < -0.3 is 9.84 Å². The Labute approximate surface area is 101 Å². The van der Waals surface area contributed by atoms with E-state index in [1.165, 1.54) is 6.92 Å². The summed E-state index contributed by atoms with van der Waals surface area (Å²) in [5, 5.41) is 9.01. The van der Waals surface area contributed by atoms with Gasteiger partial charge >= 0.3 is 11.9 Å². The van der Waals surface area contributed by atoms with Crippen LogP contribution in [-0.4, -0.2) is 44.1 Å². The molecule has 0 radical (unpaired) electrons. The number of carboxylic acid groups (broad SMARTS) is 1. The average Bonchev–Trinajstić information content (AvgIpc) is 2.15. The summed E-state index contributed by atoms with van der Waals surface area (Å²) in [7, 11) is -3.16. The second-order valence-electron chi connectivity index (χ2n) is 4.09. The van der Waals surface area contributed by atoms with Gasteiger partial charge in [0.25, 0.3) is 0 Å². The second kappa shape index (κ2) is 6.00. The molecule has 0 rings (SSSR count). The van der Waals surface area contributed by atoms with Crippen LogP contribution in [0.5, 0.6) is 0 Å². The SMILES string of the molecule is CCOC(=O)C(C)(CCCS(C)(=O)=O)C(=O)O. The van der Waals surface area contributed by atoms with Gasteiger partial charge in [-0.25, -0.2) is 8.42 Å². The Balaban J connectivity index is 4.64. The lowest BCUT2D eigenvalue weighted by atomic mass is 9.86. The largest absolute Gasteiger partial charge is 0.480 e. The van der Waals surface area contributed by atoms with E-state index in [0.717, 1.165) is 6.26 Å². The monoisotopic (exact) mass is 266 g/mol. The molecule has 1 N–H and O–H groups in total. The fourth-order valence-electron chi connectivity index (χ4n) is 1.27. The number of hydrogen-bond acceptors (Lipinski definition) is 5. The minimum atomic E-state index is -3.16. The quantitative estimate of drug-likeness (QED) is 0.531. The van der Waals surface area contributed by atoms with Crippen LogP contribution in [0.1, 0.15) is 26.7 Å². The van der Waals surface area contributed by atoms with Gasteiger partial charge in [-0.15, -0.1) is 0 Å². The number of aliphatic carboxylic acids is 1. The molecule has 0 fully saturated rings. The molecule has 0 saturated carbocycles. The van der Waals surface area contributed by atoms with E-state index in [1.54, 1.807) is 6.92 Å². The molecule has 17 heavy (non-hydrogen) atoms. The number of carbonyl (C=O) groups excluding carboxylic acids is 1. The summed E-state index contributed by atoms with van der Waals surface area (Å²) in [6, 6.07) is 0. The van der Waals surface area contributed by atoms with Gasteiger partial charge in [0.1, 0.15) is 9.84 Å². The number of rotatable bonds is 7. The lowest BCUT2D eigenvalue weighted by molar-refractivity contribution is -0.167. The molecule has 7 heteroatoms. The predicted molar refractivity (Wildman–Crippen MR) is 61.3 cm³/mol. The van der Waals surface area contributed by atoms with Crippen LogP contribution in [-0.2, 0) is 24.2 Å². The van der Waals surface area contributed by atoms with Gasteiger partial charge in [-0.3, -0.25) is 9.59 Å². The zero-order chi connectivity index (χ0) is 13.7. The summed E-state index contributed by atoms with van der Waals surface area (Å²) in [5.74, 6) is -2.28. The Morgan fingerprint density at radius 2 is 1.88 bits per heavy atom. The molecule has 0 aliphatic heterocycles. The van der Waals surface area contributed by atoms with Crippen molar-refractivity contribution in [2.24, 2.45) is 5.41 Å². The molecule has 0 aliphatic carbocycles. The van der Waals surface area contributed by atoms with Crippen LogP contribution in [0.15, 0.2) is 0 Å². The van der Waals surface area contributed by atoms with Crippen LogP contribution in [0.2, 0.25) is 0 Å². The van der Waals surface area contributed by atoms with Gasteiger partial charge in [-0.05, 0) is 26.7 Å². The normalized spacial score (nSPS) is 15.0. The summed E-state index contributed by atoms with van der Waals surface area (Å²) < 4.78 is 26.5. The maximum absolute atomic E-state index is 11.5. The molecular formula is C10H18O6S. The minimum Gasteiger partial charge on any atom is -0.480 e. The van der Waals surface area contributed by atoms with Crippen LogP contribution in [0.4, 0.5) is 0 Å². The van der Waals surface area contributed by atoms with Gasteiger partial charge in [0.15, 0.2) is 5.41 Å². The van der Waals surface area contributed by atoms with Crippen molar-refractivity contribution in [3.05, 3.63) is 0 Å². The van der Waals surface area contributed by atoms with E-state index < -0.39 is 27.2 Å². The first-order valence-electron chi connectivity index (χ1n) is 5.22. The molecule has 1 unspecified atom stereocenters. The molecule has 6 nitrogen and oxygen atoms in total. The molecule has 0 spiro atoms. The Bertz CT molecular complexity index is 386. The van der Waals surface area contributed by atoms with E-state index in [2.05, 4.69) is 4.74 Å². The predicted octanol–water partition coefficient (Wildman–Crippen LogP) is 0.465. The highest BCUT2D eigenvalue weighted by molar-refractivity contribution is 7.90. The first-order valence-corrected chi connectivity index (χ1v) is 7.28. The van der Waals surface area contributed by atoms with Crippen molar-refractivity contribution in [2.45, 2.75) is 26.7 Å². The fourth-order valence-corrected chi connectivity index (χ4v) is 1.94. The van der Waals surface area contributed by atoms with E-state index >= 15 is 0 Å². The number of carboxylic acids is 1. The molecule has 0 aromatic heterocycles. The lowest BCUT2D eigenvalue weighted by Gasteiger charge is -2.22. The zero-order valence-electron chi connectivity index (χ0n) is 10.2. The first-order chi connectivity index (χ1) is 7.63. The van der Waals surface area contributed by atoms with Gasteiger partial charge in [-0.1, -0.05) is 0 Å². The van der Waals surface area contributed by atoms with Crippen molar-refractivity contribution in [2.75, 3.05) is 18.6 Å². The molecule has 0 saturated heterocycles. The van der Waals surface area contributed by atoms with Crippen molar-refractivity contribution in [3.8, 4) is 0 Å². The number of hydrogen-bond donors (Lipinski definition) is 1. The van der Waals surface area contributed by atoms with Gasteiger partial charge in [-0.2, -0.15) is 0 Å². The fraction of sp³-hybridized carbons (Fsp3) is 0.800. The maximum Gasteiger partial charge on any atom is 0.323 e. The van der Waals surface area contributed by atoms with Crippen molar-refractivity contribution in [1.82, 2.24) is 0 Å². The molecule has 0 amide bonds. The molecule has 0 heterocycles. The van der Waals surface area contributed by atoms with E-state index in [9.17, 15) is 18.0 Å². The van der Waals surface area contributed by atoms with Crippen LogP contribution < -0.4 is 0 Å². The van der Waals surface area contributed by atoms with Crippen molar-refractivity contribution >= 4 is 21.8 Å². The molecule has 0 aromatic rings. The van der Waals surface area contributed by atoms with Crippen LogP contribution >= 0.6 is 0 Å². The van der Waals surface area contributed by atoms with Crippen LogP contribution in [0.3, 0.4) is 0 Å². The van der Waals surface area contributed by atoms with Crippen molar-refractivity contribution in [3.63, 3.8) is 0 Å². The molecule has 0 aliphatic rings. The number of esters is 1. The third-order valence-corrected chi connectivity index (χ3v) is 3.42. The zero-order valence-corrected chi connectivity index (χ0v) is 11.0. The van der Waals surface area contributed by atoms with Gasteiger partial charge in [0.05, 0.1) is 6.61 Å². The van der Waals surface area contributed by atoms with Crippen molar-refractivity contribution in [1.29, 1.82) is 0 Å². The maximum atomic E-state index is 11.5. The summed E-state index contributed by atoms with van der Waals surface area (Å²) in [6.45, 7) is 2.92. The third kappa shape index (κ3) is 5.16. The number of carbonyl (C=O) groups is 2. The molecule has 1 atom stereocenters. The van der Waals surface area contributed by atoms with Gasteiger partial charge in [0, 0.05) is 12.0 Å². The Morgan fingerprint density at radius 1 is 1.35 bits per heavy atom. The highest BCUT2D eigenvalue weighted by Gasteiger charge is 2.42. The average molecular weight is 266 g/mol. The van der Waals surface area contributed by atoms with Crippen LogP contribution in [0.25, 0.3) is 0 Å². The van der Waals surface area contributed by atoms with E-state index in [1.807, 2.05) is 0 Å². The summed E-state index contributed by atoms with van der Waals surface area (Å²) >= 11 is 0. The number of sulfone groups is 1. The Hall–Kier alpha value is -1.11. The van der Waals surface area contributed by atoms with E-state index in [0.29, 0.717) is 0 Å². The Morgan fingerprint density at radius 3 is 2.24 bits per heavy atom. The number of ether oxygens (including phenoxy) is 1. The molecule has 100 valence electrons. The molecule has 0 aromatic carbocycles. The summed E-state index contributed by atoms with van der Waals surface area (Å²) in [5.41, 5.74) is -1.68. The van der Waals surface area contributed by atoms with Crippen LogP contribution in [0, 0.1) is 5.41 Å². The smallest absolute Gasteiger partial charge is 0.323 e. The lowest BCUT2D eigenvalue weighted by Crippen LogP contribution is -2.38. The van der Waals surface area contributed by atoms with Crippen molar-refractivity contribution < 1.29 is 27.9 Å². The highest BCUT2D eigenvalue weighted by Crippen LogP contribution is 2.26. The molecule has 0 bridgehead atoms. The summed E-state index contributed by atoms with van der Waals surface area (Å²) in [6.07, 6.45) is 1.12. The standard InChI is InChI=1S/C10H18O6S/c1-4-16-9(13)10(2,8(11)12)6-5-7-17(3,14)15/h4-7H2,1-3H3,(H,11,12). The summed E-state index contributed by atoms with van der Waals surface area (Å²) in [4.78, 5) is 22.6. The van der Waals surface area contributed by atoms with Gasteiger partial charge in [0.2, 0.25) is 0 Å².